The van der Waals surface area contributed by atoms with Crippen LogP contribution in [0.25, 0.3) is 0 Å². The van der Waals surface area contributed by atoms with Crippen LogP contribution in [0.3, 0.4) is 0 Å². The lowest BCUT2D eigenvalue weighted by molar-refractivity contribution is 0.112. The first kappa shape index (κ1) is 12.4. The van der Waals surface area contributed by atoms with Crippen molar-refractivity contribution in [1.82, 2.24) is 9.97 Å². The minimum atomic E-state index is 0.203. The third-order valence-corrected chi connectivity index (χ3v) is 3.04. The number of aldehydes is 1. The largest absolute Gasteiger partial charge is 0.385 e. The van der Waals surface area contributed by atoms with Gasteiger partial charge in [-0.1, -0.05) is 11.6 Å². The minimum Gasteiger partial charge on any atom is -0.385 e. The van der Waals surface area contributed by atoms with Crippen molar-refractivity contribution in [2.24, 2.45) is 0 Å². The second kappa shape index (κ2) is 6.76. The Morgan fingerprint density at radius 3 is 3.07 bits per heavy atom. The van der Waals surface area contributed by atoms with E-state index in [2.05, 4.69) is 9.97 Å². The molecule has 4 nitrogen and oxygen atoms in total. The first-order valence-corrected chi connectivity index (χ1v) is 5.73. The number of rotatable bonds is 6. The van der Waals surface area contributed by atoms with Gasteiger partial charge in [-0.25, -0.2) is 9.97 Å². The zero-order valence-corrected chi connectivity index (χ0v) is 9.85. The van der Waals surface area contributed by atoms with Gasteiger partial charge in [-0.05, 0) is 6.42 Å². The van der Waals surface area contributed by atoms with E-state index in [1.807, 2.05) is 0 Å². The van der Waals surface area contributed by atoms with Gasteiger partial charge in [0.2, 0.25) is 0 Å². The molecule has 0 saturated carbocycles. The topological polar surface area (TPSA) is 52.1 Å². The molecule has 0 bridgehead atoms. The van der Waals surface area contributed by atoms with Crippen molar-refractivity contribution in [3.63, 3.8) is 0 Å². The second-order valence-corrected chi connectivity index (χ2v) is 4.14. The van der Waals surface area contributed by atoms with Crippen LogP contribution in [0.15, 0.2) is 11.4 Å². The van der Waals surface area contributed by atoms with E-state index in [0.29, 0.717) is 23.5 Å². The van der Waals surface area contributed by atoms with Crippen molar-refractivity contribution in [3.05, 3.63) is 17.0 Å². The fourth-order valence-electron chi connectivity index (χ4n) is 0.945. The molecule has 82 valence electrons. The SMILES string of the molecule is COCCCSc1ncnc(Cl)c1C=O. The van der Waals surface area contributed by atoms with Crippen LogP contribution in [-0.2, 0) is 4.74 Å². The maximum Gasteiger partial charge on any atom is 0.155 e. The van der Waals surface area contributed by atoms with Crippen LogP contribution in [0, 0.1) is 0 Å². The van der Waals surface area contributed by atoms with Gasteiger partial charge < -0.3 is 4.74 Å². The van der Waals surface area contributed by atoms with Crippen molar-refractivity contribution in [3.8, 4) is 0 Å². The highest BCUT2D eigenvalue weighted by molar-refractivity contribution is 7.99. The fourth-order valence-corrected chi connectivity index (χ4v) is 2.06. The fraction of sp³-hybridized carbons (Fsp3) is 0.444. The van der Waals surface area contributed by atoms with E-state index < -0.39 is 0 Å². The predicted molar refractivity (Wildman–Crippen MR) is 59.6 cm³/mol. The molecule has 0 radical (unpaired) electrons. The molecule has 1 aromatic heterocycles. The van der Waals surface area contributed by atoms with Gasteiger partial charge in [-0.2, -0.15) is 0 Å². The van der Waals surface area contributed by atoms with Crippen LogP contribution in [0.4, 0.5) is 0 Å². The molecule has 0 atom stereocenters. The highest BCUT2D eigenvalue weighted by Crippen LogP contribution is 2.23. The molecular formula is C9H11ClN2O2S. The molecule has 0 N–H and O–H groups in total. The smallest absolute Gasteiger partial charge is 0.155 e. The lowest BCUT2D eigenvalue weighted by Gasteiger charge is -2.03. The van der Waals surface area contributed by atoms with Crippen molar-refractivity contribution in [2.75, 3.05) is 19.5 Å². The van der Waals surface area contributed by atoms with Crippen LogP contribution < -0.4 is 0 Å². The lowest BCUT2D eigenvalue weighted by atomic mass is 10.4. The number of hydrogen-bond donors (Lipinski definition) is 0. The summed E-state index contributed by atoms with van der Waals surface area (Å²) >= 11 is 7.23. The molecule has 0 saturated heterocycles. The van der Waals surface area contributed by atoms with Gasteiger partial charge in [0.1, 0.15) is 16.5 Å². The highest BCUT2D eigenvalue weighted by Gasteiger charge is 2.08. The molecular weight excluding hydrogens is 236 g/mol. The summed E-state index contributed by atoms with van der Waals surface area (Å²) in [5, 5.41) is 0.829. The molecule has 1 rings (SSSR count). The summed E-state index contributed by atoms with van der Waals surface area (Å²) in [5.41, 5.74) is 0.363. The third-order valence-electron chi connectivity index (χ3n) is 1.65. The van der Waals surface area contributed by atoms with E-state index in [4.69, 9.17) is 16.3 Å². The first-order valence-electron chi connectivity index (χ1n) is 4.37. The average Bonchev–Trinajstić information content (AvgIpc) is 2.24. The minimum absolute atomic E-state index is 0.203. The molecule has 0 aliphatic rings. The third kappa shape index (κ3) is 3.77. The van der Waals surface area contributed by atoms with Gasteiger partial charge in [0.25, 0.3) is 0 Å². The number of hydrogen-bond acceptors (Lipinski definition) is 5. The summed E-state index contributed by atoms with van der Waals surface area (Å²) in [5.74, 6) is 0.835. The Balaban J connectivity index is 2.60. The Hall–Kier alpha value is -0.650. The summed E-state index contributed by atoms with van der Waals surface area (Å²) in [6.07, 6.45) is 2.94. The number of halogens is 1. The van der Waals surface area contributed by atoms with Crippen molar-refractivity contribution in [1.29, 1.82) is 0 Å². The van der Waals surface area contributed by atoms with E-state index in [-0.39, 0.29) is 5.15 Å². The number of carbonyl (C=O) groups excluding carboxylic acids is 1. The van der Waals surface area contributed by atoms with E-state index >= 15 is 0 Å². The molecule has 1 heterocycles. The van der Waals surface area contributed by atoms with E-state index in [0.717, 1.165) is 12.2 Å². The van der Waals surface area contributed by atoms with Crippen LogP contribution in [0.1, 0.15) is 16.8 Å². The number of carbonyl (C=O) groups is 1. The lowest BCUT2D eigenvalue weighted by Crippen LogP contribution is -1.96. The summed E-state index contributed by atoms with van der Waals surface area (Å²) in [7, 11) is 1.66. The molecule has 1 aromatic rings. The van der Waals surface area contributed by atoms with E-state index in [9.17, 15) is 4.79 Å². The van der Waals surface area contributed by atoms with Crippen molar-refractivity contribution >= 4 is 29.6 Å². The van der Waals surface area contributed by atoms with Gasteiger partial charge in [0.15, 0.2) is 6.29 Å². The number of methoxy groups -OCH3 is 1. The van der Waals surface area contributed by atoms with Gasteiger partial charge in [0.05, 0.1) is 5.56 Å². The summed E-state index contributed by atoms with van der Waals surface area (Å²) in [6, 6.07) is 0. The van der Waals surface area contributed by atoms with Crippen LogP contribution in [-0.4, -0.2) is 35.7 Å². The van der Waals surface area contributed by atoms with Crippen molar-refractivity contribution < 1.29 is 9.53 Å². The molecule has 0 spiro atoms. The Kier molecular flexibility index (Phi) is 5.60. The highest BCUT2D eigenvalue weighted by atomic mass is 35.5. The van der Waals surface area contributed by atoms with Crippen molar-refractivity contribution in [2.45, 2.75) is 11.4 Å². The first-order chi connectivity index (χ1) is 7.29. The number of aromatic nitrogens is 2. The Bertz CT molecular complexity index is 336. The molecule has 0 aliphatic heterocycles. The zero-order chi connectivity index (χ0) is 11.1. The summed E-state index contributed by atoms with van der Waals surface area (Å²) in [6.45, 7) is 0.697. The molecule has 0 aromatic carbocycles. The Morgan fingerprint density at radius 2 is 2.40 bits per heavy atom. The van der Waals surface area contributed by atoms with Crippen LogP contribution in [0.2, 0.25) is 5.15 Å². The molecule has 0 unspecified atom stereocenters. The van der Waals surface area contributed by atoms with Crippen LogP contribution in [0.5, 0.6) is 0 Å². The van der Waals surface area contributed by atoms with Crippen LogP contribution >= 0.6 is 23.4 Å². The number of ether oxygens (including phenoxy) is 1. The molecule has 0 fully saturated rings. The Labute approximate surface area is 97.4 Å². The van der Waals surface area contributed by atoms with E-state index in [1.165, 1.54) is 18.1 Å². The van der Waals surface area contributed by atoms with Gasteiger partial charge in [-0.3, -0.25) is 4.79 Å². The molecule has 6 heteroatoms. The maximum absolute atomic E-state index is 10.7. The number of nitrogens with zero attached hydrogens (tertiary/aromatic N) is 2. The Morgan fingerprint density at radius 1 is 1.60 bits per heavy atom. The monoisotopic (exact) mass is 246 g/mol. The number of thioether (sulfide) groups is 1. The van der Waals surface area contributed by atoms with E-state index in [1.54, 1.807) is 7.11 Å². The second-order valence-electron chi connectivity index (χ2n) is 2.70. The van der Waals surface area contributed by atoms with Gasteiger partial charge >= 0.3 is 0 Å². The summed E-state index contributed by atoms with van der Waals surface area (Å²) < 4.78 is 4.92. The maximum atomic E-state index is 10.7. The normalized spacial score (nSPS) is 10.3. The van der Waals surface area contributed by atoms with Gasteiger partial charge in [-0.15, -0.1) is 11.8 Å². The molecule has 0 amide bonds. The molecule has 0 aliphatic carbocycles. The molecule has 15 heavy (non-hydrogen) atoms. The predicted octanol–water partition coefficient (Wildman–Crippen LogP) is 2.07. The zero-order valence-electron chi connectivity index (χ0n) is 8.27. The quantitative estimate of drug-likeness (QED) is 0.333. The standard InChI is InChI=1S/C9H11ClN2O2S/c1-14-3-2-4-15-9-7(5-13)8(10)11-6-12-9/h5-6H,2-4H2,1H3. The average molecular weight is 247 g/mol. The van der Waals surface area contributed by atoms with Gasteiger partial charge in [0, 0.05) is 19.5 Å². The summed E-state index contributed by atoms with van der Waals surface area (Å²) in [4.78, 5) is 18.5.